The van der Waals surface area contributed by atoms with Gasteiger partial charge in [0.05, 0.1) is 16.1 Å². The van der Waals surface area contributed by atoms with Crippen LogP contribution in [-0.2, 0) is 11.8 Å². The Kier molecular flexibility index (Phi) is 7.21. The number of hydrogen-bond acceptors (Lipinski definition) is 6. The van der Waals surface area contributed by atoms with Crippen LogP contribution in [0.5, 0.6) is 11.5 Å². The minimum Gasteiger partial charge on any atom is -0.490 e. The highest BCUT2D eigenvalue weighted by molar-refractivity contribution is 8.18. The van der Waals surface area contributed by atoms with E-state index in [1.54, 1.807) is 67.1 Å². The first-order valence-electron chi connectivity index (χ1n) is 11.9. The van der Waals surface area contributed by atoms with E-state index in [0.717, 1.165) is 29.5 Å². The van der Waals surface area contributed by atoms with Crippen LogP contribution in [-0.4, -0.2) is 28.9 Å². The molecule has 0 spiro atoms. The molecule has 39 heavy (non-hydrogen) atoms. The van der Waals surface area contributed by atoms with E-state index in [2.05, 4.69) is 5.32 Å². The molecule has 0 bridgehead atoms. The zero-order chi connectivity index (χ0) is 27.7. The molecular formula is C29H22F2N2O5S. The molecule has 4 aromatic rings. The molecule has 2 heterocycles. The summed E-state index contributed by atoms with van der Waals surface area (Å²) in [7, 11) is 1.73. The van der Waals surface area contributed by atoms with Crippen LogP contribution in [0.3, 0.4) is 0 Å². The number of pyridine rings is 1. The predicted octanol–water partition coefficient (Wildman–Crippen LogP) is 5.66. The van der Waals surface area contributed by atoms with Gasteiger partial charge in [-0.2, -0.15) is 0 Å². The highest BCUT2D eigenvalue weighted by Gasteiger charge is 2.27. The van der Waals surface area contributed by atoms with Crippen molar-refractivity contribution in [2.24, 2.45) is 7.05 Å². The van der Waals surface area contributed by atoms with Gasteiger partial charge in [0, 0.05) is 18.0 Å². The molecule has 1 fully saturated rings. The SMILES string of the molecule is CC(=C1SC(=O)NC1=O)c1ccc(OCCOc2c(-c3ccc(F)c(F)c3)n(C)c3ccccc3c2=O)cc1. The van der Waals surface area contributed by atoms with Crippen LogP contribution in [0.15, 0.2) is 76.4 Å². The van der Waals surface area contributed by atoms with E-state index in [-0.39, 0.29) is 24.4 Å². The highest BCUT2D eigenvalue weighted by atomic mass is 32.2. The van der Waals surface area contributed by atoms with Gasteiger partial charge < -0.3 is 14.0 Å². The van der Waals surface area contributed by atoms with Crippen molar-refractivity contribution in [1.82, 2.24) is 9.88 Å². The number of aryl methyl sites for hydroxylation is 1. The standard InChI is InChI=1S/C29H22F2N2O5S/c1-16(27-28(35)32-29(36)39-27)17-7-10-19(11-8-17)37-13-14-38-26-24(18-9-12-21(30)22(31)15-18)33(2)23-6-4-3-5-20(23)25(26)34/h3-12,15H,13-14H2,1-2H3,(H,32,35,36). The molecule has 0 atom stereocenters. The largest absolute Gasteiger partial charge is 0.490 e. The molecule has 0 saturated carbocycles. The van der Waals surface area contributed by atoms with Crippen molar-refractivity contribution in [3.63, 3.8) is 0 Å². The lowest BCUT2D eigenvalue weighted by atomic mass is 10.1. The lowest BCUT2D eigenvalue weighted by Crippen LogP contribution is -2.18. The van der Waals surface area contributed by atoms with Crippen LogP contribution in [0.4, 0.5) is 13.6 Å². The van der Waals surface area contributed by atoms with E-state index in [1.165, 1.54) is 6.07 Å². The maximum absolute atomic E-state index is 14.1. The highest BCUT2D eigenvalue weighted by Crippen LogP contribution is 2.33. The van der Waals surface area contributed by atoms with Gasteiger partial charge in [-0.15, -0.1) is 0 Å². The third kappa shape index (κ3) is 5.15. The Balaban J connectivity index is 1.35. The second-order valence-electron chi connectivity index (χ2n) is 8.73. The summed E-state index contributed by atoms with van der Waals surface area (Å²) in [5.41, 5.74) is 2.30. The van der Waals surface area contributed by atoms with Crippen LogP contribution >= 0.6 is 11.8 Å². The normalized spacial score (nSPS) is 14.5. The van der Waals surface area contributed by atoms with Crippen LogP contribution in [0.2, 0.25) is 0 Å². The number of imide groups is 1. The number of nitrogens with zero attached hydrogens (tertiary/aromatic N) is 1. The molecule has 3 aromatic carbocycles. The Bertz CT molecular complexity index is 1710. The van der Waals surface area contributed by atoms with Gasteiger partial charge in [-0.3, -0.25) is 19.7 Å². The minimum absolute atomic E-state index is 0.00490. The Labute approximate surface area is 226 Å². The Hall–Kier alpha value is -4.44. The first kappa shape index (κ1) is 26.2. The molecule has 0 unspecified atom stereocenters. The number of aromatic nitrogens is 1. The minimum atomic E-state index is -1.03. The molecule has 0 aliphatic carbocycles. The second kappa shape index (κ2) is 10.7. The fourth-order valence-electron chi connectivity index (χ4n) is 4.36. The summed E-state index contributed by atoms with van der Waals surface area (Å²) in [5, 5.41) is 2.27. The van der Waals surface area contributed by atoms with E-state index in [0.29, 0.717) is 38.4 Å². The van der Waals surface area contributed by atoms with Crippen molar-refractivity contribution >= 4 is 39.4 Å². The van der Waals surface area contributed by atoms with E-state index < -0.39 is 22.8 Å². The summed E-state index contributed by atoms with van der Waals surface area (Å²) >= 11 is 0.865. The average molecular weight is 549 g/mol. The molecule has 7 nitrogen and oxygen atoms in total. The van der Waals surface area contributed by atoms with Gasteiger partial charge in [-0.05, 0) is 72.3 Å². The fourth-order valence-corrected chi connectivity index (χ4v) is 5.10. The maximum Gasteiger partial charge on any atom is 0.290 e. The number of carbonyl (C=O) groups excluding carboxylic acids is 2. The Morgan fingerprint density at radius 3 is 2.33 bits per heavy atom. The molecular weight excluding hydrogens is 526 g/mol. The third-order valence-corrected chi connectivity index (χ3v) is 7.29. The smallest absolute Gasteiger partial charge is 0.290 e. The molecule has 1 aliphatic heterocycles. The predicted molar refractivity (Wildman–Crippen MR) is 146 cm³/mol. The zero-order valence-corrected chi connectivity index (χ0v) is 21.7. The number of nitrogens with one attached hydrogen (secondary N) is 1. The van der Waals surface area contributed by atoms with Crippen molar-refractivity contribution in [3.8, 4) is 22.8 Å². The number of fused-ring (bicyclic) bond motifs is 1. The topological polar surface area (TPSA) is 86.6 Å². The molecule has 1 aliphatic rings. The van der Waals surface area contributed by atoms with E-state index >= 15 is 0 Å². The number of rotatable bonds is 7. The molecule has 0 radical (unpaired) electrons. The summed E-state index contributed by atoms with van der Waals surface area (Å²) < 4.78 is 41.1. The number of para-hydroxylation sites is 1. The summed E-state index contributed by atoms with van der Waals surface area (Å²) in [6, 6.07) is 17.4. The van der Waals surface area contributed by atoms with Gasteiger partial charge in [0.25, 0.3) is 11.1 Å². The van der Waals surface area contributed by atoms with Crippen molar-refractivity contribution in [3.05, 3.63) is 99.1 Å². The van der Waals surface area contributed by atoms with Crippen molar-refractivity contribution < 1.29 is 27.8 Å². The van der Waals surface area contributed by atoms with Gasteiger partial charge in [0.1, 0.15) is 19.0 Å². The third-order valence-electron chi connectivity index (χ3n) is 6.30. The maximum atomic E-state index is 14.1. The molecule has 1 aromatic heterocycles. The summed E-state index contributed by atoms with van der Waals surface area (Å²) in [5.74, 6) is -1.90. The second-order valence-corrected chi connectivity index (χ2v) is 9.71. The number of ether oxygens (including phenoxy) is 2. The summed E-state index contributed by atoms with van der Waals surface area (Å²) in [6.07, 6.45) is 0. The Morgan fingerprint density at radius 2 is 1.64 bits per heavy atom. The van der Waals surface area contributed by atoms with Gasteiger partial charge in [-0.1, -0.05) is 24.3 Å². The van der Waals surface area contributed by atoms with Gasteiger partial charge >= 0.3 is 0 Å². The zero-order valence-electron chi connectivity index (χ0n) is 20.9. The number of hydrogen-bond donors (Lipinski definition) is 1. The number of amides is 2. The quantitative estimate of drug-likeness (QED) is 0.237. The van der Waals surface area contributed by atoms with Crippen LogP contribution in [0, 0.1) is 11.6 Å². The Morgan fingerprint density at radius 1 is 0.923 bits per heavy atom. The molecule has 198 valence electrons. The van der Waals surface area contributed by atoms with Crippen LogP contribution in [0.25, 0.3) is 27.7 Å². The van der Waals surface area contributed by atoms with Crippen molar-refractivity contribution in [2.75, 3.05) is 13.2 Å². The summed E-state index contributed by atoms with van der Waals surface area (Å²) in [4.78, 5) is 37.1. The molecule has 2 amide bonds. The van der Waals surface area contributed by atoms with Gasteiger partial charge in [0.15, 0.2) is 17.4 Å². The number of thioether (sulfide) groups is 1. The van der Waals surface area contributed by atoms with Gasteiger partial charge in [0.2, 0.25) is 5.43 Å². The van der Waals surface area contributed by atoms with Crippen LogP contribution < -0.4 is 20.2 Å². The molecule has 10 heteroatoms. The van der Waals surface area contributed by atoms with Crippen molar-refractivity contribution in [2.45, 2.75) is 6.92 Å². The monoisotopic (exact) mass is 548 g/mol. The first-order valence-corrected chi connectivity index (χ1v) is 12.7. The van der Waals surface area contributed by atoms with E-state index in [9.17, 15) is 23.2 Å². The lowest BCUT2D eigenvalue weighted by molar-refractivity contribution is -0.115. The van der Waals surface area contributed by atoms with Crippen LogP contribution in [0.1, 0.15) is 12.5 Å². The van der Waals surface area contributed by atoms with Gasteiger partial charge in [-0.25, -0.2) is 8.78 Å². The first-order chi connectivity index (χ1) is 18.7. The molecule has 1 N–H and O–H groups in total. The van der Waals surface area contributed by atoms with E-state index in [1.807, 2.05) is 0 Å². The molecule has 1 saturated heterocycles. The van der Waals surface area contributed by atoms with Crippen molar-refractivity contribution in [1.29, 1.82) is 0 Å². The van der Waals surface area contributed by atoms with E-state index in [4.69, 9.17) is 9.47 Å². The summed E-state index contributed by atoms with van der Waals surface area (Å²) in [6.45, 7) is 1.87. The lowest BCUT2D eigenvalue weighted by Gasteiger charge is -2.18. The molecule has 5 rings (SSSR count). The number of allylic oxidation sites excluding steroid dienone is 1. The number of carbonyl (C=O) groups is 2. The number of benzene rings is 3. The average Bonchev–Trinajstić information content (AvgIpc) is 3.28. The fraction of sp³-hybridized carbons (Fsp3) is 0.138. The number of halogens is 2.